The second-order valence-corrected chi connectivity index (χ2v) is 5.51. The fraction of sp³-hybridized carbons (Fsp3) is 0.467. The summed E-state index contributed by atoms with van der Waals surface area (Å²) in [5.74, 6) is -0.0223. The third-order valence-corrected chi connectivity index (χ3v) is 3.48. The zero-order valence-corrected chi connectivity index (χ0v) is 11.1. The third kappa shape index (κ3) is 2.37. The van der Waals surface area contributed by atoms with E-state index in [0.29, 0.717) is 23.9 Å². The van der Waals surface area contributed by atoms with Gasteiger partial charge in [0.15, 0.2) is 11.4 Å². The maximum Gasteiger partial charge on any atom is 0.170 e. The summed E-state index contributed by atoms with van der Waals surface area (Å²) in [6.45, 7) is 4.64. The summed E-state index contributed by atoms with van der Waals surface area (Å²) in [4.78, 5) is 0. The molecule has 1 aromatic carbocycles. The molecular weight excluding hydrogens is 248 g/mol. The molecule has 1 aromatic heterocycles. The lowest BCUT2D eigenvalue weighted by Gasteiger charge is -2.07. The van der Waals surface area contributed by atoms with Gasteiger partial charge in [0.05, 0.1) is 6.54 Å². The van der Waals surface area contributed by atoms with Crippen LogP contribution in [0.1, 0.15) is 43.9 Å². The Bertz CT molecular complexity index is 614. The van der Waals surface area contributed by atoms with Crippen LogP contribution in [0.3, 0.4) is 0 Å². The molecule has 0 amide bonds. The molecule has 0 aliphatic heterocycles. The monoisotopic (exact) mass is 265 g/mol. The highest BCUT2D eigenvalue weighted by Crippen LogP contribution is 2.46. The SMILES string of the molecule is CC(C)NCc1oc2c(F)cc(F)cc2c1C1CC1. The Morgan fingerprint density at radius 3 is 2.68 bits per heavy atom. The van der Waals surface area contributed by atoms with E-state index in [0.717, 1.165) is 30.2 Å². The first-order valence-corrected chi connectivity index (χ1v) is 6.70. The summed E-state index contributed by atoms with van der Waals surface area (Å²) in [7, 11) is 0. The van der Waals surface area contributed by atoms with Gasteiger partial charge < -0.3 is 9.73 Å². The van der Waals surface area contributed by atoms with Crippen molar-refractivity contribution >= 4 is 11.0 Å². The third-order valence-electron chi connectivity index (χ3n) is 3.48. The molecular formula is C15H17F2NO. The van der Waals surface area contributed by atoms with Crippen molar-refractivity contribution in [3.63, 3.8) is 0 Å². The zero-order chi connectivity index (χ0) is 13.6. The van der Waals surface area contributed by atoms with Crippen molar-refractivity contribution in [3.8, 4) is 0 Å². The molecule has 2 aromatic rings. The minimum Gasteiger partial charge on any atom is -0.456 e. The number of rotatable bonds is 4. The number of hydrogen-bond acceptors (Lipinski definition) is 2. The number of furan rings is 1. The Morgan fingerprint density at radius 2 is 2.05 bits per heavy atom. The number of benzene rings is 1. The zero-order valence-electron chi connectivity index (χ0n) is 11.1. The van der Waals surface area contributed by atoms with Crippen LogP contribution >= 0.6 is 0 Å². The van der Waals surface area contributed by atoms with Gasteiger partial charge in [-0.1, -0.05) is 13.8 Å². The van der Waals surface area contributed by atoms with E-state index in [1.165, 1.54) is 6.07 Å². The minimum atomic E-state index is -0.618. The van der Waals surface area contributed by atoms with E-state index >= 15 is 0 Å². The highest BCUT2D eigenvalue weighted by atomic mass is 19.1. The van der Waals surface area contributed by atoms with Gasteiger partial charge in [-0.25, -0.2) is 8.78 Å². The number of fused-ring (bicyclic) bond motifs is 1. The van der Waals surface area contributed by atoms with Gasteiger partial charge in [-0.15, -0.1) is 0 Å². The first-order valence-electron chi connectivity index (χ1n) is 6.70. The smallest absolute Gasteiger partial charge is 0.170 e. The van der Waals surface area contributed by atoms with E-state index < -0.39 is 11.6 Å². The first-order chi connectivity index (χ1) is 9.06. The Labute approximate surface area is 110 Å². The van der Waals surface area contributed by atoms with E-state index in [4.69, 9.17) is 4.42 Å². The largest absolute Gasteiger partial charge is 0.456 e. The quantitative estimate of drug-likeness (QED) is 0.900. The number of halogens is 2. The molecule has 0 bridgehead atoms. The molecule has 0 spiro atoms. The summed E-state index contributed by atoms with van der Waals surface area (Å²) >= 11 is 0. The van der Waals surface area contributed by atoms with Crippen LogP contribution < -0.4 is 5.32 Å². The van der Waals surface area contributed by atoms with Crippen molar-refractivity contribution in [2.75, 3.05) is 0 Å². The predicted molar refractivity (Wildman–Crippen MR) is 70.1 cm³/mol. The fourth-order valence-corrected chi connectivity index (χ4v) is 2.44. The second-order valence-electron chi connectivity index (χ2n) is 5.51. The van der Waals surface area contributed by atoms with E-state index in [1.54, 1.807) is 0 Å². The average molecular weight is 265 g/mol. The lowest BCUT2D eigenvalue weighted by molar-refractivity contribution is 0.470. The van der Waals surface area contributed by atoms with Crippen molar-refractivity contribution in [1.29, 1.82) is 0 Å². The molecule has 102 valence electrons. The fourth-order valence-electron chi connectivity index (χ4n) is 2.44. The van der Waals surface area contributed by atoms with Crippen LogP contribution in [0.2, 0.25) is 0 Å². The van der Waals surface area contributed by atoms with Crippen LogP contribution in [0.15, 0.2) is 16.5 Å². The second kappa shape index (κ2) is 4.60. The minimum absolute atomic E-state index is 0.184. The summed E-state index contributed by atoms with van der Waals surface area (Å²) < 4.78 is 32.8. The van der Waals surface area contributed by atoms with Gasteiger partial charge >= 0.3 is 0 Å². The average Bonchev–Trinajstić information content (AvgIpc) is 3.08. The Kier molecular flexibility index (Phi) is 3.05. The van der Waals surface area contributed by atoms with Crippen LogP contribution in [0, 0.1) is 11.6 Å². The summed E-state index contributed by atoms with van der Waals surface area (Å²) in [6, 6.07) is 2.58. The molecule has 19 heavy (non-hydrogen) atoms. The van der Waals surface area contributed by atoms with Gasteiger partial charge in [-0.2, -0.15) is 0 Å². The van der Waals surface area contributed by atoms with Crippen LogP contribution in [0.5, 0.6) is 0 Å². The Hall–Kier alpha value is -1.42. The Morgan fingerprint density at radius 1 is 1.32 bits per heavy atom. The van der Waals surface area contributed by atoms with E-state index in [-0.39, 0.29) is 5.58 Å². The number of nitrogens with one attached hydrogen (secondary N) is 1. The summed E-state index contributed by atoms with van der Waals surface area (Å²) in [5, 5.41) is 3.87. The lowest BCUT2D eigenvalue weighted by atomic mass is 10.1. The predicted octanol–water partition coefficient (Wildman–Crippen LogP) is 4.09. The molecule has 2 nitrogen and oxygen atoms in total. The normalized spacial score (nSPS) is 15.6. The molecule has 1 N–H and O–H groups in total. The van der Waals surface area contributed by atoms with Crippen molar-refractivity contribution in [2.24, 2.45) is 0 Å². The molecule has 0 radical (unpaired) electrons. The van der Waals surface area contributed by atoms with E-state index in [9.17, 15) is 8.78 Å². The van der Waals surface area contributed by atoms with Crippen LogP contribution in [-0.2, 0) is 6.54 Å². The first kappa shape index (κ1) is 12.6. The molecule has 3 rings (SSSR count). The standard InChI is InChI=1S/C15H17F2NO/c1-8(2)18-7-13-14(9-3-4-9)11-5-10(16)6-12(17)15(11)19-13/h5-6,8-9,18H,3-4,7H2,1-2H3. The maximum absolute atomic E-state index is 13.8. The molecule has 0 atom stereocenters. The van der Waals surface area contributed by atoms with Crippen molar-refractivity contribution in [1.82, 2.24) is 5.32 Å². The lowest BCUT2D eigenvalue weighted by Crippen LogP contribution is -2.22. The van der Waals surface area contributed by atoms with Crippen molar-refractivity contribution < 1.29 is 13.2 Å². The highest BCUT2D eigenvalue weighted by molar-refractivity contribution is 5.84. The molecule has 0 saturated heterocycles. The van der Waals surface area contributed by atoms with E-state index in [2.05, 4.69) is 5.32 Å². The highest BCUT2D eigenvalue weighted by Gasteiger charge is 2.31. The van der Waals surface area contributed by atoms with Crippen LogP contribution in [0.4, 0.5) is 8.78 Å². The van der Waals surface area contributed by atoms with Crippen molar-refractivity contribution in [2.45, 2.75) is 45.2 Å². The molecule has 1 aliphatic rings. The molecule has 1 saturated carbocycles. The molecule has 1 aliphatic carbocycles. The molecule has 4 heteroatoms. The number of hydrogen-bond donors (Lipinski definition) is 1. The summed E-state index contributed by atoms with van der Waals surface area (Å²) in [5.41, 5.74) is 1.17. The van der Waals surface area contributed by atoms with Gasteiger partial charge in [0.1, 0.15) is 11.6 Å². The van der Waals surface area contributed by atoms with Gasteiger partial charge in [-0.05, 0) is 24.8 Å². The molecule has 0 unspecified atom stereocenters. The maximum atomic E-state index is 13.8. The van der Waals surface area contributed by atoms with Gasteiger partial charge in [0, 0.05) is 23.1 Å². The Balaban J connectivity index is 2.10. The van der Waals surface area contributed by atoms with Crippen LogP contribution in [0.25, 0.3) is 11.0 Å². The van der Waals surface area contributed by atoms with Gasteiger partial charge in [0.25, 0.3) is 0 Å². The van der Waals surface area contributed by atoms with Crippen molar-refractivity contribution in [3.05, 3.63) is 35.1 Å². The molecule has 1 fully saturated rings. The van der Waals surface area contributed by atoms with Gasteiger partial charge in [0.2, 0.25) is 0 Å². The topological polar surface area (TPSA) is 25.2 Å². The van der Waals surface area contributed by atoms with Crippen LogP contribution in [-0.4, -0.2) is 6.04 Å². The molecule has 1 heterocycles. The van der Waals surface area contributed by atoms with E-state index in [1.807, 2.05) is 13.8 Å². The summed E-state index contributed by atoms with van der Waals surface area (Å²) in [6.07, 6.45) is 2.14. The van der Waals surface area contributed by atoms with Gasteiger partial charge in [-0.3, -0.25) is 0 Å².